The molecular weight excluding hydrogens is 408 g/mol. The SMILES string of the molecule is CC(C)CC(CO)N(C(C)c1cc2ccccc2[nH]1)S(=O)(=O)c1ccc(Cl)cc1. The van der Waals surface area contributed by atoms with E-state index in [-0.39, 0.29) is 17.4 Å². The predicted molar refractivity (Wildman–Crippen MR) is 118 cm³/mol. The van der Waals surface area contributed by atoms with Gasteiger partial charge in [-0.15, -0.1) is 0 Å². The lowest BCUT2D eigenvalue weighted by atomic mass is 10.0. The number of fused-ring (bicyclic) bond motifs is 1. The molecule has 2 atom stereocenters. The summed E-state index contributed by atoms with van der Waals surface area (Å²) in [6, 6.07) is 14.9. The van der Waals surface area contributed by atoms with Gasteiger partial charge in [-0.3, -0.25) is 0 Å². The fraction of sp³-hybridized carbons (Fsp3) is 0.364. The van der Waals surface area contributed by atoms with Crippen molar-refractivity contribution in [3.8, 4) is 0 Å². The van der Waals surface area contributed by atoms with Crippen molar-refractivity contribution >= 4 is 32.5 Å². The molecule has 7 heteroatoms. The molecule has 1 aromatic heterocycles. The first kappa shape index (κ1) is 21.8. The summed E-state index contributed by atoms with van der Waals surface area (Å²) in [6.45, 7) is 5.63. The molecule has 0 radical (unpaired) electrons. The maximum atomic E-state index is 13.6. The number of nitrogens with one attached hydrogen (secondary N) is 1. The normalized spacial score (nSPS) is 14.6. The Bertz CT molecular complexity index is 1030. The van der Waals surface area contributed by atoms with Gasteiger partial charge in [0.05, 0.1) is 17.5 Å². The highest BCUT2D eigenvalue weighted by molar-refractivity contribution is 7.89. The molecule has 0 saturated heterocycles. The Balaban J connectivity index is 2.09. The van der Waals surface area contributed by atoms with E-state index < -0.39 is 22.1 Å². The number of hydrogen-bond donors (Lipinski definition) is 2. The average molecular weight is 435 g/mol. The standard InChI is InChI=1S/C22H27ClN2O3S/c1-15(2)12-19(14-26)25(29(27,28)20-10-8-18(23)9-11-20)16(3)22-13-17-6-4-5-7-21(17)24-22/h4-11,13,15-16,19,24,26H,12,14H2,1-3H3. The Morgan fingerprint density at radius 2 is 1.72 bits per heavy atom. The molecule has 3 aromatic rings. The molecule has 3 rings (SSSR count). The molecule has 0 aliphatic rings. The zero-order chi connectivity index (χ0) is 21.2. The summed E-state index contributed by atoms with van der Waals surface area (Å²) < 4.78 is 28.7. The van der Waals surface area contributed by atoms with E-state index in [1.165, 1.54) is 16.4 Å². The third-order valence-corrected chi connectivity index (χ3v) is 7.38. The quantitative estimate of drug-likeness (QED) is 0.525. The van der Waals surface area contributed by atoms with Crippen molar-refractivity contribution in [2.24, 2.45) is 5.92 Å². The maximum Gasteiger partial charge on any atom is 0.244 e. The minimum Gasteiger partial charge on any atom is -0.395 e. The van der Waals surface area contributed by atoms with Gasteiger partial charge in [-0.2, -0.15) is 4.31 Å². The number of aliphatic hydroxyl groups is 1. The Labute approximate surface area is 177 Å². The summed E-state index contributed by atoms with van der Waals surface area (Å²) in [5, 5.41) is 11.6. The van der Waals surface area contributed by atoms with Crippen molar-refractivity contribution in [3.63, 3.8) is 0 Å². The first-order chi connectivity index (χ1) is 13.7. The van der Waals surface area contributed by atoms with Crippen molar-refractivity contribution in [2.45, 2.75) is 44.2 Å². The van der Waals surface area contributed by atoms with E-state index in [2.05, 4.69) is 4.98 Å². The van der Waals surface area contributed by atoms with Crippen molar-refractivity contribution in [3.05, 3.63) is 65.3 Å². The summed E-state index contributed by atoms with van der Waals surface area (Å²) in [7, 11) is -3.86. The minimum absolute atomic E-state index is 0.159. The van der Waals surface area contributed by atoms with Crippen LogP contribution in [-0.2, 0) is 10.0 Å². The van der Waals surface area contributed by atoms with Gasteiger partial charge in [0.2, 0.25) is 10.0 Å². The Morgan fingerprint density at radius 3 is 2.31 bits per heavy atom. The molecule has 0 aliphatic heterocycles. The van der Waals surface area contributed by atoms with Crippen LogP contribution in [0.3, 0.4) is 0 Å². The molecule has 0 saturated carbocycles. The molecule has 2 N–H and O–H groups in total. The van der Waals surface area contributed by atoms with E-state index in [1.807, 2.05) is 51.1 Å². The number of aromatic amines is 1. The summed E-state index contributed by atoms with van der Waals surface area (Å²) in [5.74, 6) is 0.227. The topological polar surface area (TPSA) is 73.4 Å². The van der Waals surface area contributed by atoms with Gasteiger partial charge in [-0.05, 0) is 61.0 Å². The van der Waals surface area contributed by atoms with Crippen LogP contribution in [0, 0.1) is 5.92 Å². The Morgan fingerprint density at radius 1 is 1.07 bits per heavy atom. The van der Waals surface area contributed by atoms with Gasteiger partial charge in [0.1, 0.15) is 0 Å². The summed E-state index contributed by atoms with van der Waals surface area (Å²) >= 11 is 5.95. The van der Waals surface area contributed by atoms with Crippen LogP contribution in [0.25, 0.3) is 10.9 Å². The second kappa shape index (κ2) is 8.88. The number of benzene rings is 2. The largest absolute Gasteiger partial charge is 0.395 e. The number of halogens is 1. The van der Waals surface area contributed by atoms with Gasteiger partial charge in [0.15, 0.2) is 0 Å². The van der Waals surface area contributed by atoms with Gasteiger partial charge in [-0.1, -0.05) is 43.6 Å². The molecule has 2 unspecified atom stereocenters. The molecule has 5 nitrogen and oxygen atoms in total. The number of hydrogen-bond acceptors (Lipinski definition) is 3. The monoisotopic (exact) mass is 434 g/mol. The smallest absolute Gasteiger partial charge is 0.244 e. The van der Waals surface area contributed by atoms with Crippen molar-refractivity contribution in [1.29, 1.82) is 0 Å². The third kappa shape index (κ3) is 4.67. The number of para-hydroxylation sites is 1. The van der Waals surface area contributed by atoms with Crippen LogP contribution in [-0.4, -0.2) is 35.5 Å². The minimum atomic E-state index is -3.86. The number of aromatic nitrogens is 1. The fourth-order valence-electron chi connectivity index (χ4n) is 3.71. The lowest BCUT2D eigenvalue weighted by Gasteiger charge is -2.35. The first-order valence-electron chi connectivity index (χ1n) is 9.71. The molecule has 0 aliphatic carbocycles. The van der Waals surface area contributed by atoms with Gasteiger partial charge >= 0.3 is 0 Å². The van der Waals surface area contributed by atoms with E-state index in [9.17, 15) is 13.5 Å². The van der Waals surface area contributed by atoms with E-state index in [0.717, 1.165) is 16.6 Å². The fourth-order valence-corrected chi connectivity index (χ4v) is 5.63. The number of aliphatic hydroxyl groups excluding tert-OH is 1. The highest BCUT2D eigenvalue weighted by atomic mass is 35.5. The highest BCUT2D eigenvalue weighted by Crippen LogP contribution is 2.33. The number of H-pyrrole nitrogens is 1. The Hall–Kier alpha value is -1.86. The highest BCUT2D eigenvalue weighted by Gasteiger charge is 2.36. The van der Waals surface area contributed by atoms with Gasteiger partial charge in [-0.25, -0.2) is 8.42 Å². The van der Waals surface area contributed by atoms with E-state index >= 15 is 0 Å². The van der Waals surface area contributed by atoms with Crippen LogP contribution < -0.4 is 0 Å². The molecule has 156 valence electrons. The van der Waals surface area contributed by atoms with Crippen molar-refractivity contribution in [1.82, 2.24) is 9.29 Å². The second-order valence-corrected chi connectivity index (χ2v) is 10.0. The van der Waals surface area contributed by atoms with Gasteiger partial charge < -0.3 is 10.1 Å². The molecule has 0 fully saturated rings. The van der Waals surface area contributed by atoms with Gasteiger partial charge in [0.25, 0.3) is 0 Å². The Kier molecular flexibility index (Phi) is 6.69. The van der Waals surface area contributed by atoms with Crippen LogP contribution in [0.1, 0.15) is 38.9 Å². The third-order valence-electron chi connectivity index (χ3n) is 5.09. The van der Waals surface area contributed by atoms with Crippen LogP contribution >= 0.6 is 11.6 Å². The lowest BCUT2D eigenvalue weighted by Crippen LogP contribution is -2.44. The van der Waals surface area contributed by atoms with Crippen LogP contribution in [0.5, 0.6) is 0 Å². The number of sulfonamides is 1. The number of nitrogens with zero attached hydrogens (tertiary/aromatic N) is 1. The zero-order valence-electron chi connectivity index (χ0n) is 16.8. The van der Waals surface area contributed by atoms with E-state index in [1.54, 1.807) is 12.1 Å². The van der Waals surface area contributed by atoms with Gasteiger partial charge in [0, 0.05) is 22.3 Å². The lowest BCUT2D eigenvalue weighted by molar-refractivity contribution is 0.144. The van der Waals surface area contributed by atoms with Crippen LogP contribution in [0.2, 0.25) is 5.02 Å². The molecule has 2 aromatic carbocycles. The van der Waals surface area contributed by atoms with Crippen LogP contribution in [0.15, 0.2) is 59.5 Å². The molecule has 0 amide bonds. The summed E-state index contributed by atoms with van der Waals surface area (Å²) in [6.07, 6.45) is 0.549. The summed E-state index contributed by atoms with van der Waals surface area (Å²) in [4.78, 5) is 3.49. The first-order valence-corrected chi connectivity index (χ1v) is 11.5. The zero-order valence-corrected chi connectivity index (χ0v) is 18.4. The number of rotatable bonds is 8. The van der Waals surface area contributed by atoms with Crippen LogP contribution in [0.4, 0.5) is 0 Å². The molecule has 1 heterocycles. The van der Waals surface area contributed by atoms with E-state index in [4.69, 9.17) is 11.6 Å². The molecule has 0 bridgehead atoms. The average Bonchev–Trinajstić information content (AvgIpc) is 3.11. The predicted octanol–water partition coefficient (Wildman–Crippen LogP) is 4.98. The molecule has 0 spiro atoms. The van der Waals surface area contributed by atoms with E-state index in [0.29, 0.717) is 11.4 Å². The molecule has 29 heavy (non-hydrogen) atoms. The van der Waals surface area contributed by atoms with Crippen molar-refractivity contribution < 1.29 is 13.5 Å². The van der Waals surface area contributed by atoms with Crippen molar-refractivity contribution in [2.75, 3.05) is 6.61 Å². The molecular formula is C22H27ClN2O3S. The second-order valence-electron chi connectivity index (χ2n) is 7.74. The maximum absolute atomic E-state index is 13.6. The summed E-state index contributed by atoms with van der Waals surface area (Å²) in [5.41, 5.74) is 1.73.